The summed E-state index contributed by atoms with van der Waals surface area (Å²) in [5, 5.41) is 6.00. The zero-order chi connectivity index (χ0) is 18.4. The number of nitrogens with one attached hydrogen (secondary N) is 2. The highest BCUT2D eigenvalue weighted by Crippen LogP contribution is 2.23. The summed E-state index contributed by atoms with van der Waals surface area (Å²) in [6.07, 6.45) is 0.702. The smallest absolute Gasteiger partial charge is 0.273 e. The molecule has 3 rings (SSSR count). The number of nitrogens with zero attached hydrogens (tertiary/aromatic N) is 2. The predicted octanol–water partition coefficient (Wildman–Crippen LogP) is 2.46. The van der Waals surface area contributed by atoms with Gasteiger partial charge in [-0.1, -0.05) is 12.1 Å². The highest BCUT2D eigenvalue weighted by atomic mass is 16.5. The molecule has 0 aliphatic rings. The van der Waals surface area contributed by atoms with Crippen LogP contribution in [0.2, 0.25) is 0 Å². The normalized spacial score (nSPS) is 10.5. The average molecular weight is 351 g/mol. The van der Waals surface area contributed by atoms with Crippen LogP contribution in [0.3, 0.4) is 0 Å². The van der Waals surface area contributed by atoms with Crippen LogP contribution in [0, 0.1) is 0 Å². The average Bonchev–Trinajstić information content (AvgIpc) is 2.68. The summed E-state index contributed by atoms with van der Waals surface area (Å²) in [5.74, 6) is 0.867. The summed E-state index contributed by atoms with van der Waals surface area (Å²) < 4.78 is 5.16. The highest BCUT2D eigenvalue weighted by Gasteiger charge is 2.16. The van der Waals surface area contributed by atoms with Crippen LogP contribution in [0.5, 0.6) is 5.75 Å². The molecule has 1 heterocycles. The molecule has 3 aromatic rings. The number of carbonyl (C=O) groups is 1. The zero-order valence-corrected chi connectivity index (χ0v) is 14.5. The fraction of sp³-hybridized carbons (Fsp3) is 0.211. The second kappa shape index (κ2) is 8.26. The van der Waals surface area contributed by atoms with Crippen LogP contribution >= 0.6 is 0 Å². The zero-order valence-electron chi connectivity index (χ0n) is 14.5. The molecule has 0 bridgehead atoms. The van der Waals surface area contributed by atoms with Gasteiger partial charge in [0.25, 0.3) is 5.91 Å². The minimum atomic E-state index is -0.285. The van der Waals surface area contributed by atoms with Crippen LogP contribution in [0.1, 0.15) is 16.9 Å². The number of fused-ring (bicyclic) bond motifs is 1. The third-order valence-corrected chi connectivity index (χ3v) is 3.80. The summed E-state index contributed by atoms with van der Waals surface area (Å²) in [6, 6.07) is 14.8. The topological polar surface area (TPSA) is 102 Å². The number of hydrogen-bond donors (Lipinski definition) is 3. The lowest BCUT2D eigenvalue weighted by molar-refractivity contribution is 0.0949. The van der Waals surface area contributed by atoms with Crippen molar-refractivity contribution in [2.75, 3.05) is 25.5 Å². The molecule has 0 unspecified atom stereocenters. The van der Waals surface area contributed by atoms with Crippen LogP contribution in [0.15, 0.2) is 48.5 Å². The van der Waals surface area contributed by atoms with E-state index in [2.05, 4.69) is 20.6 Å². The molecule has 26 heavy (non-hydrogen) atoms. The van der Waals surface area contributed by atoms with Crippen LogP contribution < -0.4 is 21.1 Å². The molecule has 2 aromatic carbocycles. The molecule has 7 heteroatoms. The Morgan fingerprint density at radius 3 is 2.42 bits per heavy atom. The Morgan fingerprint density at radius 1 is 1.08 bits per heavy atom. The molecule has 7 nitrogen and oxygen atoms in total. The number of aromatic nitrogens is 2. The van der Waals surface area contributed by atoms with Crippen molar-refractivity contribution in [2.24, 2.45) is 5.73 Å². The number of methoxy groups -OCH3 is 1. The van der Waals surface area contributed by atoms with E-state index in [1.54, 1.807) is 7.11 Å². The Balaban J connectivity index is 1.94. The number of carbonyl (C=O) groups excluding carboxylic acids is 1. The quantitative estimate of drug-likeness (QED) is 0.565. The first-order valence-electron chi connectivity index (χ1n) is 8.37. The lowest BCUT2D eigenvalue weighted by Gasteiger charge is -2.12. The molecule has 4 N–H and O–H groups in total. The maximum Gasteiger partial charge on any atom is 0.273 e. The molecule has 0 radical (unpaired) electrons. The third-order valence-electron chi connectivity index (χ3n) is 3.80. The van der Waals surface area contributed by atoms with E-state index in [0.717, 1.165) is 11.4 Å². The number of anilines is 2. The monoisotopic (exact) mass is 351 g/mol. The first-order chi connectivity index (χ1) is 12.7. The first kappa shape index (κ1) is 17.6. The third kappa shape index (κ3) is 4.07. The lowest BCUT2D eigenvalue weighted by atomic mass is 10.2. The van der Waals surface area contributed by atoms with Crippen molar-refractivity contribution in [2.45, 2.75) is 6.42 Å². The van der Waals surface area contributed by atoms with Gasteiger partial charge < -0.3 is 21.1 Å². The summed E-state index contributed by atoms with van der Waals surface area (Å²) in [5.41, 5.74) is 7.89. The molecular formula is C19H21N5O2. The Labute approximate surface area is 151 Å². The van der Waals surface area contributed by atoms with Crippen molar-refractivity contribution in [3.63, 3.8) is 0 Å². The van der Waals surface area contributed by atoms with Crippen LogP contribution in [0.25, 0.3) is 11.0 Å². The molecular weight excluding hydrogens is 330 g/mol. The van der Waals surface area contributed by atoms with Gasteiger partial charge in [0.15, 0.2) is 11.5 Å². The second-order valence-electron chi connectivity index (χ2n) is 5.66. The maximum absolute atomic E-state index is 12.6. The summed E-state index contributed by atoms with van der Waals surface area (Å²) >= 11 is 0. The van der Waals surface area contributed by atoms with Crippen molar-refractivity contribution in [1.29, 1.82) is 0 Å². The fourth-order valence-corrected chi connectivity index (χ4v) is 2.44. The number of para-hydroxylation sites is 2. The molecule has 0 spiro atoms. The van der Waals surface area contributed by atoms with Crippen LogP contribution in [0.4, 0.5) is 11.5 Å². The molecule has 0 saturated carbocycles. The lowest BCUT2D eigenvalue weighted by Crippen LogP contribution is -2.27. The van der Waals surface area contributed by atoms with E-state index >= 15 is 0 Å². The number of rotatable bonds is 7. The second-order valence-corrected chi connectivity index (χ2v) is 5.66. The maximum atomic E-state index is 12.6. The minimum absolute atomic E-state index is 0.247. The minimum Gasteiger partial charge on any atom is -0.497 e. The van der Waals surface area contributed by atoms with Gasteiger partial charge in [0.2, 0.25) is 0 Å². The number of amides is 1. The van der Waals surface area contributed by atoms with Gasteiger partial charge in [-0.15, -0.1) is 0 Å². The Kier molecular flexibility index (Phi) is 5.60. The SMILES string of the molecule is COc1ccc(Nc2nc3ccccc3nc2C(=O)NCCCN)cc1. The van der Waals surface area contributed by atoms with Gasteiger partial charge in [0.1, 0.15) is 5.75 Å². The fourth-order valence-electron chi connectivity index (χ4n) is 2.44. The largest absolute Gasteiger partial charge is 0.497 e. The van der Waals surface area contributed by atoms with Gasteiger partial charge in [-0.2, -0.15) is 0 Å². The van der Waals surface area contributed by atoms with E-state index in [1.165, 1.54) is 0 Å². The summed E-state index contributed by atoms with van der Waals surface area (Å²) in [4.78, 5) is 21.6. The Morgan fingerprint density at radius 2 is 1.77 bits per heavy atom. The first-order valence-corrected chi connectivity index (χ1v) is 8.37. The van der Waals surface area contributed by atoms with E-state index in [4.69, 9.17) is 10.5 Å². The number of nitrogens with two attached hydrogens (primary N) is 1. The molecule has 1 aromatic heterocycles. The van der Waals surface area contributed by atoms with Crippen molar-refractivity contribution < 1.29 is 9.53 Å². The number of benzene rings is 2. The molecule has 134 valence electrons. The van der Waals surface area contributed by atoms with E-state index in [1.807, 2.05) is 48.5 Å². The molecule has 1 amide bonds. The Bertz CT molecular complexity index is 896. The van der Waals surface area contributed by atoms with E-state index < -0.39 is 0 Å². The number of ether oxygens (including phenoxy) is 1. The van der Waals surface area contributed by atoms with Gasteiger partial charge in [0, 0.05) is 12.2 Å². The van der Waals surface area contributed by atoms with Gasteiger partial charge >= 0.3 is 0 Å². The Hall–Kier alpha value is -3.19. The van der Waals surface area contributed by atoms with Gasteiger partial charge in [-0.05, 0) is 49.4 Å². The number of hydrogen-bond acceptors (Lipinski definition) is 6. The molecule has 0 fully saturated rings. The van der Waals surface area contributed by atoms with Crippen molar-refractivity contribution in [1.82, 2.24) is 15.3 Å². The molecule has 0 aliphatic heterocycles. The van der Waals surface area contributed by atoms with E-state index in [0.29, 0.717) is 36.4 Å². The van der Waals surface area contributed by atoms with E-state index in [9.17, 15) is 4.79 Å². The van der Waals surface area contributed by atoms with Gasteiger partial charge in [-0.3, -0.25) is 4.79 Å². The van der Waals surface area contributed by atoms with E-state index in [-0.39, 0.29) is 11.6 Å². The van der Waals surface area contributed by atoms with Crippen molar-refractivity contribution in [3.8, 4) is 5.75 Å². The molecule has 0 saturated heterocycles. The summed E-state index contributed by atoms with van der Waals surface area (Å²) in [6.45, 7) is 1.01. The van der Waals surface area contributed by atoms with Crippen LogP contribution in [-0.2, 0) is 0 Å². The molecule has 0 atom stereocenters. The van der Waals surface area contributed by atoms with Gasteiger partial charge in [-0.25, -0.2) is 9.97 Å². The summed E-state index contributed by atoms with van der Waals surface area (Å²) in [7, 11) is 1.61. The van der Waals surface area contributed by atoms with Crippen LogP contribution in [-0.4, -0.2) is 36.1 Å². The van der Waals surface area contributed by atoms with Gasteiger partial charge in [0.05, 0.1) is 18.1 Å². The molecule has 0 aliphatic carbocycles. The van der Waals surface area contributed by atoms with Crippen molar-refractivity contribution >= 4 is 28.4 Å². The van der Waals surface area contributed by atoms with Crippen molar-refractivity contribution in [3.05, 3.63) is 54.2 Å². The standard InChI is InChI=1S/C19H21N5O2/c1-26-14-9-7-13(8-10-14)22-18-17(19(25)21-12-4-11-20)23-15-5-2-3-6-16(15)24-18/h2-3,5-10H,4,11-12,20H2,1H3,(H,21,25)(H,22,24). The predicted molar refractivity (Wildman–Crippen MR) is 102 cm³/mol. The highest BCUT2D eigenvalue weighted by molar-refractivity contribution is 5.99.